The first kappa shape index (κ1) is 9.46. The predicted molar refractivity (Wildman–Crippen MR) is 55.3 cm³/mol. The maximum absolute atomic E-state index is 13.3. The molecule has 0 aromatic heterocycles. The Labute approximate surface area is 83.3 Å². The topological polar surface area (TPSA) is 38.0 Å². The average Bonchev–Trinajstić information content (AvgIpc) is 2.05. The van der Waals surface area contributed by atoms with Gasteiger partial charge in [-0.2, -0.15) is 0 Å². The van der Waals surface area contributed by atoms with Crippen molar-refractivity contribution in [3.05, 3.63) is 29.6 Å². The Hall–Kier alpha value is -1.09. The maximum Gasteiger partial charge on any atom is 0.129 e. The molecule has 0 radical (unpaired) electrons. The zero-order chi connectivity index (χ0) is 9.97. The lowest BCUT2D eigenvalue weighted by Crippen LogP contribution is -2.34. The van der Waals surface area contributed by atoms with Crippen LogP contribution in [0.1, 0.15) is 24.8 Å². The van der Waals surface area contributed by atoms with Crippen molar-refractivity contribution in [2.75, 3.05) is 5.73 Å². The Morgan fingerprint density at radius 3 is 2.79 bits per heavy atom. The molecule has 1 fully saturated rings. The normalized spacial score (nSPS) is 16.6. The Morgan fingerprint density at radius 2 is 2.21 bits per heavy atom. The number of benzene rings is 1. The molecule has 0 unspecified atom stereocenters. The molecule has 76 valence electrons. The molecule has 1 aliphatic carbocycles. The van der Waals surface area contributed by atoms with Gasteiger partial charge in [-0.25, -0.2) is 4.39 Å². The van der Waals surface area contributed by atoms with Crippen LogP contribution in [0.2, 0.25) is 0 Å². The number of nitrogens with two attached hydrogens (primary N) is 1. The van der Waals surface area contributed by atoms with Crippen molar-refractivity contribution < 1.29 is 4.39 Å². The molecule has 0 bridgehead atoms. The van der Waals surface area contributed by atoms with Crippen LogP contribution in [0.15, 0.2) is 18.2 Å². The van der Waals surface area contributed by atoms with Crippen molar-refractivity contribution in [1.29, 1.82) is 0 Å². The number of rotatable bonds is 3. The molecule has 1 saturated carbocycles. The van der Waals surface area contributed by atoms with E-state index >= 15 is 0 Å². The van der Waals surface area contributed by atoms with Crippen molar-refractivity contribution in [1.82, 2.24) is 5.32 Å². The Kier molecular flexibility index (Phi) is 2.68. The minimum Gasteiger partial charge on any atom is -0.399 e. The van der Waals surface area contributed by atoms with Crippen molar-refractivity contribution >= 4 is 5.69 Å². The molecular formula is C11H15FN2. The van der Waals surface area contributed by atoms with E-state index in [1.165, 1.54) is 25.3 Å². The number of nitrogens with one attached hydrogen (secondary N) is 1. The molecule has 0 saturated heterocycles. The molecular weight excluding hydrogens is 179 g/mol. The quantitative estimate of drug-likeness (QED) is 0.723. The largest absolute Gasteiger partial charge is 0.399 e. The second-order valence-electron chi connectivity index (χ2n) is 3.86. The highest BCUT2D eigenvalue weighted by atomic mass is 19.1. The van der Waals surface area contributed by atoms with E-state index in [-0.39, 0.29) is 5.82 Å². The first-order valence-corrected chi connectivity index (χ1v) is 5.03. The third kappa shape index (κ3) is 2.04. The van der Waals surface area contributed by atoms with Crippen molar-refractivity contribution in [3.63, 3.8) is 0 Å². The molecule has 1 aromatic carbocycles. The van der Waals surface area contributed by atoms with Crippen LogP contribution in [0, 0.1) is 5.82 Å². The number of anilines is 1. The molecule has 1 aliphatic rings. The number of nitrogen functional groups attached to an aromatic ring is 1. The minimum absolute atomic E-state index is 0.211. The van der Waals surface area contributed by atoms with Crippen molar-refractivity contribution in [2.45, 2.75) is 31.8 Å². The Balaban J connectivity index is 1.94. The lowest BCUT2D eigenvalue weighted by atomic mass is 9.93. The van der Waals surface area contributed by atoms with E-state index in [1.807, 2.05) is 0 Å². The summed E-state index contributed by atoms with van der Waals surface area (Å²) in [6, 6.07) is 5.45. The van der Waals surface area contributed by atoms with E-state index in [9.17, 15) is 4.39 Å². The molecule has 0 heterocycles. The van der Waals surface area contributed by atoms with Gasteiger partial charge in [-0.05, 0) is 25.0 Å². The predicted octanol–water partition coefficient (Wildman–Crippen LogP) is 2.05. The van der Waals surface area contributed by atoms with Gasteiger partial charge < -0.3 is 11.1 Å². The molecule has 0 spiro atoms. The van der Waals surface area contributed by atoms with Gasteiger partial charge in [-0.3, -0.25) is 0 Å². The third-order valence-corrected chi connectivity index (χ3v) is 2.76. The molecule has 1 aromatic rings. The Bertz CT molecular complexity index is 321. The molecule has 3 N–H and O–H groups in total. The smallest absolute Gasteiger partial charge is 0.129 e. The zero-order valence-corrected chi connectivity index (χ0v) is 8.09. The fraction of sp³-hybridized carbons (Fsp3) is 0.455. The van der Waals surface area contributed by atoms with E-state index in [0.29, 0.717) is 23.8 Å². The van der Waals surface area contributed by atoms with Gasteiger partial charge in [-0.15, -0.1) is 0 Å². The van der Waals surface area contributed by atoms with Crippen LogP contribution in [0.3, 0.4) is 0 Å². The molecule has 2 rings (SSSR count). The second kappa shape index (κ2) is 3.96. The minimum atomic E-state index is -0.211. The molecule has 0 aliphatic heterocycles. The highest BCUT2D eigenvalue weighted by Gasteiger charge is 2.16. The van der Waals surface area contributed by atoms with E-state index in [1.54, 1.807) is 12.1 Å². The molecule has 14 heavy (non-hydrogen) atoms. The van der Waals surface area contributed by atoms with Crippen LogP contribution in [0.4, 0.5) is 10.1 Å². The van der Waals surface area contributed by atoms with Crippen molar-refractivity contribution in [2.24, 2.45) is 0 Å². The van der Waals surface area contributed by atoms with E-state index in [2.05, 4.69) is 5.32 Å². The van der Waals surface area contributed by atoms with E-state index in [4.69, 9.17) is 5.73 Å². The maximum atomic E-state index is 13.3. The Morgan fingerprint density at radius 1 is 1.43 bits per heavy atom. The standard InChI is InChI=1S/C11H15FN2/c12-11-6-9(13)5-4-8(11)7-14-10-2-1-3-10/h4-6,10,14H,1-3,7,13H2. The summed E-state index contributed by atoms with van der Waals surface area (Å²) >= 11 is 0. The highest BCUT2D eigenvalue weighted by Crippen LogP contribution is 2.19. The van der Waals surface area contributed by atoms with Crippen LogP contribution < -0.4 is 11.1 Å². The number of hydrogen-bond donors (Lipinski definition) is 2. The van der Waals surface area contributed by atoms with Crippen LogP contribution in [0.5, 0.6) is 0 Å². The van der Waals surface area contributed by atoms with Gasteiger partial charge in [0.1, 0.15) is 5.82 Å². The first-order chi connectivity index (χ1) is 6.75. The fourth-order valence-corrected chi connectivity index (χ4v) is 1.57. The van der Waals surface area contributed by atoms with Gasteiger partial charge >= 0.3 is 0 Å². The van der Waals surface area contributed by atoms with Crippen LogP contribution in [-0.4, -0.2) is 6.04 Å². The summed E-state index contributed by atoms with van der Waals surface area (Å²) in [5.74, 6) is -0.211. The van der Waals surface area contributed by atoms with Gasteiger partial charge in [0.25, 0.3) is 0 Å². The zero-order valence-electron chi connectivity index (χ0n) is 8.09. The van der Waals surface area contributed by atoms with Gasteiger partial charge in [0.05, 0.1) is 0 Å². The van der Waals surface area contributed by atoms with E-state index in [0.717, 1.165) is 0 Å². The van der Waals surface area contributed by atoms with Gasteiger partial charge in [0, 0.05) is 23.8 Å². The van der Waals surface area contributed by atoms with Crippen LogP contribution in [0.25, 0.3) is 0 Å². The average molecular weight is 194 g/mol. The number of halogens is 1. The van der Waals surface area contributed by atoms with Gasteiger partial charge in [0.2, 0.25) is 0 Å². The van der Waals surface area contributed by atoms with Gasteiger partial charge in [-0.1, -0.05) is 12.5 Å². The third-order valence-electron chi connectivity index (χ3n) is 2.76. The summed E-state index contributed by atoms with van der Waals surface area (Å²) in [7, 11) is 0. The summed E-state index contributed by atoms with van der Waals surface area (Å²) in [6.07, 6.45) is 3.73. The summed E-state index contributed by atoms with van der Waals surface area (Å²) in [6.45, 7) is 0.608. The number of hydrogen-bond acceptors (Lipinski definition) is 2. The van der Waals surface area contributed by atoms with Crippen molar-refractivity contribution in [3.8, 4) is 0 Å². The SMILES string of the molecule is Nc1ccc(CNC2CCC2)c(F)c1. The second-order valence-corrected chi connectivity index (χ2v) is 3.86. The summed E-state index contributed by atoms with van der Waals surface area (Å²) < 4.78 is 13.3. The fourth-order valence-electron chi connectivity index (χ4n) is 1.57. The molecule has 2 nitrogen and oxygen atoms in total. The van der Waals surface area contributed by atoms with Gasteiger partial charge in [0.15, 0.2) is 0 Å². The first-order valence-electron chi connectivity index (χ1n) is 5.03. The molecule has 3 heteroatoms. The monoisotopic (exact) mass is 194 g/mol. The summed E-state index contributed by atoms with van der Waals surface area (Å²) in [5.41, 5.74) is 6.64. The molecule has 0 atom stereocenters. The summed E-state index contributed by atoms with van der Waals surface area (Å²) in [4.78, 5) is 0. The lowest BCUT2D eigenvalue weighted by molar-refractivity contribution is 0.336. The van der Waals surface area contributed by atoms with Crippen LogP contribution >= 0.6 is 0 Å². The molecule has 0 amide bonds. The summed E-state index contributed by atoms with van der Waals surface area (Å²) in [5, 5.41) is 3.31. The van der Waals surface area contributed by atoms with Crippen LogP contribution in [-0.2, 0) is 6.54 Å². The highest BCUT2D eigenvalue weighted by molar-refractivity contribution is 5.40. The lowest BCUT2D eigenvalue weighted by Gasteiger charge is -2.26. The van der Waals surface area contributed by atoms with E-state index < -0.39 is 0 Å².